The van der Waals surface area contributed by atoms with Crippen LogP contribution in [0.2, 0.25) is 0 Å². The standard InChI is InChI=1S/C25H21FN4O3/c1-2-23(31)28-17-7-6-8-18(15-17)29-25-27-16-22(26)24(30-25)33-21-13-11-20(12-14-21)32-19-9-4-3-5-10-19/h2-9,11-16,19H,1,10H2,(H,28,31)(H,27,29,30). The summed E-state index contributed by atoms with van der Waals surface area (Å²) in [4.78, 5) is 19.5. The van der Waals surface area contributed by atoms with Crippen molar-refractivity contribution in [2.24, 2.45) is 0 Å². The number of aromatic nitrogens is 2. The Hall–Kier alpha value is -4.46. The molecule has 2 N–H and O–H groups in total. The molecule has 4 rings (SSSR count). The van der Waals surface area contributed by atoms with Crippen molar-refractivity contribution in [2.75, 3.05) is 10.6 Å². The summed E-state index contributed by atoms with van der Waals surface area (Å²) in [5.41, 5.74) is 1.16. The molecule has 166 valence electrons. The van der Waals surface area contributed by atoms with Gasteiger partial charge in [0.25, 0.3) is 5.88 Å². The molecule has 2 aromatic carbocycles. The van der Waals surface area contributed by atoms with Crippen LogP contribution in [0, 0.1) is 5.82 Å². The second-order valence-electron chi connectivity index (χ2n) is 7.02. The van der Waals surface area contributed by atoms with Gasteiger partial charge < -0.3 is 20.1 Å². The van der Waals surface area contributed by atoms with Gasteiger partial charge in [-0.1, -0.05) is 30.9 Å². The average Bonchev–Trinajstić information content (AvgIpc) is 2.83. The van der Waals surface area contributed by atoms with Crippen LogP contribution in [0.4, 0.5) is 21.7 Å². The first-order valence-corrected chi connectivity index (χ1v) is 10.2. The van der Waals surface area contributed by atoms with Crippen molar-refractivity contribution in [3.05, 3.63) is 97.5 Å². The summed E-state index contributed by atoms with van der Waals surface area (Å²) < 4.78 is 25.7. The highest BCUT2D eigenvalue weighted by molar-refractivity contribution is 5.99. The number of nitrogens with zero attached hydrogens (tertiary/aromatic N) is 2. The Bertz CT molecular complexity index is 1210. The second-order valence-corrected chi connectivity index (χ2v) is 7.02. The highest BCUT2D eigenvalue weighted by atomic mass is 19.1. The SMILES string of the molecule is C=CC(=O)Nc1cccc(Nc2ncc(F)c(Oc3ccc(OC4C=CC=CC4)cc3)n2)c1. The van der Waals surface area contributed by atoms with E-state index in [0.717, 1.165) is 12.6 Å². The van der Waals surface area contributed by atoms with Crippen LogP contribution in [0.1, 0.15) is 6.42 Å². The fourth-order valence-electron chi connectivity index (χ4n) is 3.00. The van der Waals surface area contributed by atoms with Crippen LogP contribution in [0.25, 0.3) is 0 Å². The van der Waals surface area contributed by atoms with Crippen molar-refractivity contribution >= 4 is 23.2 Å². The molecule has 1 aliphatic carbocycles. The first-order valence-electron chi connectivity index (χ1n) is 10.2. The Balaban J connectivity index is 1.43. The lowest BCUT2D eigenvalue weighted by atomic mass is 10.1. The number of hydrogen-bond donors (Lipinski definition) is 2. The number of benzene rings is 2. The minimum atomic E-state index is -0.702. The number of halogens is 1. The van der Waals surface area contributed by atoms with Crippen LogP contribution >= 0.6 is 0 Å². The largest absolute Gasteiger partial charge is 0.486 e. The molecular formula is C25H21FN4O3. The molecule has 1 unspecified atom stereocenters. The van der Waals surface area contributed by atoms with Gasteiger partial charge in [-0.3, -0.25) is 4.79 Å². The first-order chi connectivity index (χ1) is 16.1. The summed E-state index contributed by atoms with van der Waals surface area (Å²) in [5, 5.41) is 5.63. The molecule has 0 spiro atoms. The number of carbonyl (C=O) groups is 1. The van der Waals surface area contributed by atoms with E-state index in [1.807, 2.05) is 24.3 Å². The lowest BCUT2D eigenvalue weighted by molar-refractivity contribution is -0.111. The van der Waals surface area contributed by atoms with Crippen LogP contribution in [-0.2, 0) is 4.79 Å². The summed E-state index contributed by atoms with van der Waals surface area (Å²) in [6.07, 6.45) is 10.9. The number of carbonyl (C=O) groups excluding carboxylic acids is 1. The zero-order valence-corrected chi connectivity index (χ0v) is 17.6. The zero-order chi connectivity index (χ0) is 23.0. The van der Waals surface area contributed by atoms with Crippen molar-refractivity contribution < 1.29 is 18.7 Å². The van der Waals surface area contributed by atoms with Crippen molar-refractivity contribution in [2.45, 2.75) is 12.5 Å². The number of amides is 1. The van der Waals surface area contributed by atoms with Gasteiger partial charge in [-0.25, -0.2) is 4.98 Å². The molecule has 1 amide bonds. The maximum atomic E-state index is 14.3. The highest BCUT2D eigenvalue weighted by Crippen LogP contribution is 2.27. The molecule has 0 saturated heterocycles. The van der Waals surface area contributed by atoms with Gasteiger partial charge >= 0.3 is 0 Å². The summed E-state index contributed by atoms with van der Waals surface area (Å²) in [5.74, 6) is -0.0370. The quantitative estimate of drug-likeness (QED) is 0.444. The van der Waals surface area contributed by atoms with Crippen LogP contribution < -0.4 is 20.1 Å². The Morgan fingerprint density at radius 2 is 1.91 bits per heavy atom. The fraction of sp³-hybridized carbons (Fsp3) is 0.0800. The summed E-state index contributed by atoms with van der Waals surface area (Å²) in [7, 11) is 0. The molecule has 1 heterocycles. The van der Waals surface area contributed by atoms with Crippen LogP contribution in [0.15, 0.2) is 91.7 Å². The predicted molar refractivity (Wildman–Crippen MR) is 124 cm³/mol. The maximum Gasteiger partial charge on any atom is 0.260 e. The van der Waals surface area contributed by atoms with Gasteiger partial charge in [-0.05, 0) is 54.6 Å². The van der Waals surface area contributed by atoms with E-state index in [1.54, 1.807) is 48.5 Å². The van der Waals surface area contributed by atoms with Crippen molar-refractivity contribution in [1.82, 2.24) is 9.97 Å². The smallest absolute Gasteiger partial charge is 0.260 e. The van der Waals surface area contributed by atoms with Gasteiger partial charge in [-0.2, -0.15) is 9.37 Å². The summed E-state index contributed by atoms with van der Waals surface area (Å²) in [6, 6.07) is 13.8. The normalized spacial score (nSPS) is 14.4. The molecule has 8 heteroatoms. The van der Waals surface area contributed by atoms with E-state index < -0.39 is 5.82 Å². The van der Waals surface area contributed by atoms with Crippen LogP contribution in [0.5, 0.6) is 17.4 Å². The molecule has 1 atom stereocenters. The van der Waals surface area contributed by atoms with Crippen molar-refractivity contribution in [1.29, 1.82) is 0 Å². The van der Waals surface area contributed by atoms with Gasteiger partial charge in [0.2, 0.25) is 17.7 Å². The third kappa shape index (κ3) is 6.04. The molecule has 0 aliphatic heterocycles. The Morgan fingerprint density at radius 1 is 1.12 bits per heavy atom. The van der Waals surface area contributed by atoms with Gasteiger partial charge in [0, 0.05) is 17.8 Å². The molecule has 3 aromatic rings. The molecule has 1 aromatic heterocycles. The monoisotopic (exact) mass is 444 g/mol. The Kier molecular flexibility index (Phi) is 6.75. The topological polar surface area (TPSA) is 85.4 Å². The number of allylic oxidation sites excluding steroid dienone is 2. The van der Waals surface area contributed by atoms with E-state index in [9.17, 15) is 9.18 Å². The third-order valence-corrected chi connectivity index (χ3v) is 4.55. The third-order valence-electron chi connectivity index (χ3n) is 4.55. The molecule has 0 bridgehead atoms. The molecule has 33 heavy (non-hydrogen) atoms. The minimum absolute atomic E-state index is 0.0155. The average molecular weight is 444 g/mol. The Morgan fingerprint density at radius 3 is 2.67 bits per heavy atom. The Labute approximate surface area is 190 Å². The highest BCUT2D eigenvalue weighted by Gasteiger charge is 2.12. The van der Waals surface area contributed by atoms with E-state index in [4.69, 9.17) is 9.47 Å². The number of ether oxygens (including phenoxy) is 2. The van der Waals surface area contributed by atoms with Gasteiger partial charge in [-0.15, -0.1) is 0 Å². The summed E-state index contributed by atoms with van der Waals surface area (Å²) >= 11 is 0. The number of rotatable bonds is 8. The second kappa shape index (κ2) is 10.2. The lowest BCUT2D eigenvalue weighted by Gasteiger charge is -2.16. The molecular weight excluding hydrogens is 423 g/mol. The van der Waals surface area contributed by atoms with E-state index in [1.165, 1.54) is 6.08 Å². The summed E-state index contributed by atoms with van der Waals surface area (Å²) in [6.45, 7) is 3.42. The molecule has 0 radical (unpaired) electrons. The number of nitrogens with one attached hydrogen (secondary N) is 2. The zero-order valence-electron chi connectivity index (χ0n) is 17.6. The number of anilines is 3. The van der Waals surface area contributed by atoms with Crippen LogP contribution in [-0.4, -0.2) is 22.0 Å². The predicted octanol–water partition coefficient (Wildman–Crippen LogP) is 5.54. The van der Waals surface area contributed by atoms with Crippen molar-refractivity contribution in [3.8, 4) is 17.4 Å². The van der Waals surface area contributed by atoms with Crippen molar-refractivity contribution in [3.63, 3.8) is 0 Å². The van der Waals surface area contributed by atoms with Gasteiger partial charge in [0.1, 0.15) is 17.6 Å². The van der Waals surface area contributed by atoms with E-state index in [0.29, 0.717) is 22.9 Å². The lowest BCUT2D eigenvalue weighted by Crippen LogP contribution is -2.13. The maximum absolute atomic E-state index is 14.3. The van der Waals surface area contributed by atoms with E-state index in [-0.39, 0.29) is 23.8 Å². The first kappa shape index (κ1) is 21.8. The molecule has 7 nitrogen and oxygen atoms in total. The van der Waals surface area contributed by atoms with E-state index in [2.05, 4.69) is 27.2 Å². The van der Waals surface area contributed by atoms with E-state index >= 15 is 0 Å². The fourth-order valence-corrected chi connectivity index (χ4v) is 3.00. The molecule has 1 aliphatic rings. The minimum Gasteiger partial charge on any atom is -0.486 e. The molecule has 0 fully saturated rings. The van der Waals surface area contributed by atoms with Gasteiger partial charge in [0.05, 0.1) is 6.20 Å². The van der Waals surface area contributed by atoms with Crippen LogP contribution in [0.3, 0.4) is 0 Å². The number of hydrogen-bond acceptors (Lipinski definition) is 6. The molecule has 0 saturated carbocycles. The van der Waals surface area contributed by atoms with Gasteiger partial charge in [0.15, 0.2) is 0 Å².